The van der Waals surface area contributed by atoms with Gasteiger partial charge in [-0.25, -0.2) is 4.79 Å². The smallest absolute Gasteiger partial charge is 0.335 e. The number of carbonyl (C=O) groups is 1. The molecule has 1 heterocycles. The molecule has 0 radical (unpaired) electrons. The Morgan fingerprint density at radius 1 is 0.848 bits per heavy atom. The molecule has 3 N–H and O–H groups in total. The molecule has 0 aliphatic carbocycles. The Hall–Kier alpha value is -3.90. The lowest BCUT2D eigenvalue weighted by molar-refractivity contribution is 0.0697. The van der Waals surface area contributed by atoms with Crippen molar-refractivity contribution in [1.82, 2.24) is 10.3 Å². The second kappa shape index (κ2) is 10.6. The predicted octanol–water partition coefficient (Wildman–Crippen LogP) is 4.18. The van der Waals surface area contributed by atoms with Gasteiger partial charge in [-0.1, -0.05) is 48.5 Å². The van der Waals surface area contributed by atoms with Gasteiger partial charge >= 0.3 is 5.97 Å². The van der Waals surface area contributed by atoms with Crippen LogP contribution in [0.4, 0.5) is 0 Å². The van der Waals surface area contributed by atoms with Gasteiger partial charge in [-0.15, -0.1) is 0 Å². The van der Waals surface area contributed by atoms with E-state index in [9.17, 15) is 9.59 Å². The minimum Gasteiger partial charge on any atom is -0.487 e. The SMILES string of the molecule is O=C(O)c1ccc(CCNCCc2ccc(OCc3ccccc3)c3[nH]c(=O)ccc23)cc1. The number of ether oxygens (including phenoxy) is 1. The number of aromatic nitrogens is 1. The molecular weight excluding hydrogens is 416 g/mol. The summed E-state index contributed by atoms with van der Waals surface area (Å²) in [5, 5.41) is 13.4. The minimum atomic E-state index is -0.912. The number of benzene rings is 3. The van der Waals surface area contributed by atoms with Gasteiger partial charge in [0, 0.05) is 11.5 Å². The summed E-state index contributed by atoms with van der Waals surface area (Å²) in [6, 6.07) is 24.2. The van der Waals surface area contributed by atoms with E-state index >= 15 is 0 Å². The molecule has 6 heteroatoms. The number of hydrogen-bond acceptors (Lipinski definition) is 4. The van der Waals surface area contributed by atoms with Gasteiger partial charge in [0.05, 0.1) is 11.1 Å². The molecule has 4 aromatic rings. The molecule has 0 fully saturated rings. The number of H-pyrrole nitrogens is 1. The minimum absolute atomic E-state index is 0.156. The molecule has 6 nitrogen and oxygen atoms in total. The topological polar surface area (TPSA) is 91.4 Å². The summed E-state index contributed by atoms with van der Waals surface area (Å²) in [4.78, 5) is 25.8. The largest absolute Gasteiger partial charge is 0.487 e. The van der Waals surface area contributed by atoms with Gasteiger partial charge in [-0.05, 0) is 66.9 Å². The van der Waals surface area contributed by atoms with E-state index < -0.39 is 5.97 Å². The van der Waals surface area contributed by atoms with Crippen LogP contribution in [0.1, 0.15) is 27.0 Å². The van der Waals surface area contributed by atoms with Gasteiger partial charge in [-0.2, -0.15) is 0 Å². The number of nitrogens with one attached hydrogen (secondary N) is 2. The zero-order valence-corrected chi connectivity index (χ0v) is 18.2. The lowest BCUT2D eigenvalue weighted by Crippen LogP contribution is -2.20. The van der Waals surface area contributed by atoms with E-state index in [-0.39, 0.29) is 5.56 Å². The molecule has 0 saturated carbocycles. The fraction of sp³-hybridized carbons (Fsp3) is 0.185. The van der Waals surface area contributed by atoms with Gasteiger partial charge in [0.25, 0.3) is 0 Å². The zero-order chi connectivity index (χ0) is 23.0. The fourth-order valence-electron chi connectivity index (χ4n) is 3.75. The van der Waals surface area contributed by atoms with Crippen molar-refractivity contribution in [3.8, 4) is 5.75 Å². The fourth-order valence-corrected chi connectivity index (χ4v) is 3.75. The number of fused-ring (bicyclic) bond motifs is 1. The molecule has 168 valence electrons. The van der Waals surface area contributed by atoms with Crippen LogP contribution in [0.3, 0.4) is 0 Å². The van der Waals surface area contributed by atoms with E-state index in [0.29, 0.717) is 17.9 Å². The number of pyridine rings is 1. The predicted molar refractivity (Wildman–Crippen MR) is 129 cm³/mol. The molecule has 0 aliphatic rings. The Balaban J connectivity index is 1.36. The summed E-state index contributed by atoms with van der Waals surface area (Å²) in [5.74, 6) is -0.252. The van der Waals surface area contributed by atoms with Gasteiger partial charge in [0.2, 0.25) is 5.56 Å². The van der Waals surface area contributed by atoms with E-state index in [1.54, 1.807) is 18.2 Å². The first-order chi connectivity index (χ1) is 16.1. The molecule has 3 aromatic carbocycles. The van der Waals surface area contributed by atoms with Crippen molar-refractivity contribution in [3.63, 3.8) is 0 Å². The highest BCUT2D eigenvalue weighted by atomic mass is 16.5. The first kappa shape index (κ1) is 22.3. The highest BCUT2D eigenvalue weighted by Gasteiger charge is 2.09. The third-order valence-electron chi connectivity index (χ3n) is 5.55. The molecule has 0 atom stereocenters. The molecular formula is C27H26N2O4. The normalized spacial score (nSPS) is 10.9. The second-order valence-corrected chi connectivity index (χ2v) is 7.86. The van der Waals surface area contributed by atoms with Crippen molar-refractivity contribution in [3.05, 3.63) is 111 Å². The number of aromatic amines is 1. The van der Waals surface area contributed by atoms with Crippen molar-refractivity contribution < 1.29 is 14.6 Å². The first-order valence-corrected chi connectivity index (χ1v) is 10.9. The van der Waals surface area contributed by atoms with E-state index in [1.165, 1.54) is 0 Å². The Kier molecular flexibility index (Phi) is 7.17. The van der Waals surface area contributed by atoms with Crippen LogP contribution in [0.25, 0.3) is 10.9 Å². The summed E-state index contributed by atoms with van der Waals surface area (Å²) >= 11 is 0. The highest BCUT2D eigenvalue weighted by Crippen LogP contribution is 2.27. The Labute approximate surface area is 191 Å². The van der Waals surface area contributed by atoms with Crippen LogP contribution >= 0.6 is 0 Å². The maximum atomic E-state index is 12.0. The quantitative estimate of drug-likeness (QED) is 0.321. The van der Waals surface area contributed by atoms with Gasteiger partial charge in [-0.3, -0.25) is 4.79 Å². The summed E-state index contributed by atoms with van der Waals surface area (Å²) in [6.07, 6.45) is 1.62. The average Bonchev–Trinajstić information content (AvgIpc) is 2.84. The number of aromatic carboxylic acids is 1. The second-order valence-electron chi connectivity index (χ2n) is 7.86. The van der Waals surface area contributed by atoms with Crippen molar-refractivity contribution in [2.24, 2.45) is 0 Å². The van der Waals surface area contributed by atoms with Crippen molar-refractivity contribution in [2.45, 2.75) is 19.4 Å². The maximum Gasteiger partial charge on any atom is 0.335 e. The third-order valence-corrected chi connectivity index (χ3v) is 5.55. The molecule has 0 bridgehead atoms. The summed E-state index contributed by atoms with van der Waals surface area (Å²) in [6.45, 7) is 2.01. The van der Waals surface area contributed by atoms with Crippen LogP contribution in [0.15, 0.2) is 83.7 Å². The Morgan fingerprint density at radius 3 is 2.36 bits per heavy atom. The molecule has 0 aliphatic heterocycles. The van der Waals surface area contributed by atoms with E-state index in [4.69, 9.17) is 9.84 Å². The van der Waals surface area contributed by atoms with Gasteiger partial charge in [0.15, 0.2) is 0 Å². The Morgan fingerprint density at radius 2 is 1.61 bits per heavy atom. The summed E-state index contributed by atoms with van der Waals surface area (Å²) in [7, 11) is 0. The van der Waals surface area contributed by atoms with Crippen LogP contribution in [0.5, 0.6) is 5.75 Å². The highest BCUT2D eigenvalue weighted by molar-refractivity contribution is 5.88. The van der Waals surface area contributed by atoms with Crippen molar-refractivity contribution >= 4 is 16.9 Å². The van der Waals surface area contributed by atoms with Crippen LogP contribution < -0.4 is 15.6 Å². The summed E-state index contributed by atoms with van der Waals surface area (Å²) < 4.78 is 6.01. The number of rotatable bonds is 10. The van der Waals surface area contributed by atoms with Gasteiger partial charge < -0.3 is 20.1 Å². The average molecular weight is 443 g/mol. The molecule has 0 spiro atoms. The molecule has 33 heavy (non-hydrogen) atoms. The number of carboxylic acids is 1. The van der Waals surface area contributed by atoms with Crippen LogP contribution in [-0.4, -0.2) is 29.1 Å². The lowest BCUT2D eigenvalue weighted by atomic mass is 10.0. The molecule has 0 saturated heterocycles. The maximum absolute atomic E-state index is 12.0. The number of carboxylic acid groups (broad SMARTS) is 1. The molecule has 1 aromatic heterocycles. The van der Waals surface area contributed by atoms with E-state index in [1.807, 2.05) is 60.7 Å². The van der Waals surface area contributed by atoms with Crippen molar-refractivity contribution in [1.29, 1.82) is 0 Å². The van der Waals surface area contributed by atoms with E-state index in [0.717, 1.165) is 53.5 Å². The first-order valence-electron chi connectivity index (χ1n) is 10.9. The summed E-state index contributed by atoms with van der Waals surface area (Å²) in [5.41, 5.74) is 4.15. The monoisotopic (exact) mass is 442 g/mol. The van der Waals surface area contributed by atoms with Crippen molar-refractivity contribution in [2.75, 3.05) is 13.1 Å². The third kappa shape index (κ3) is 5.87. The van der Waals surface area contributed by atoms with E-state index in [2.05, 4.69) is 10.3 Å². The standard InChI is InChI=1S/C27H26N2O4/c30-25-13-11-23-21(15-17-28-16-14-19-6-8-22(9-7-19)27(31)32)10-12-24(26(23)29-25)33-18-20-4-2-1-3-5-20/h1-13,28H,14-18H2,(H,29,30)(H,31,32). The van der Waals surface area contributed by atoms with Crippen LogP contribution in [-0.2, 0) is 19.4 Å². The molecule has 0 amide bonds. The zero-order valence-electron chi connectivity index (χ0n) is 18.2. The lowest BCUT2D eigenvalue weighted by Gasteiger charge is -2.13. The molecule has 0 unspecified atom stereocenters. The Bertz CT molecular complexity index is 1280. The molecule has 4 rings (SSSR count). The number of hydrogen-bond donors (Lipinski definition) is 3. The van der Waals surface area contributed by atoms with Gasteiger partial charge in [0.1, 0.15) is 12.4 Å². The van der Waals surface area contributed by atoms with Crippen LogP contribution in [0, 0.1) is 0 Å². The van der Waals surface area contributed by atoms with Crippen LogP contribution in [0.2, 0.25) is 0 Å².